The van der Waals surface area contributed by atoms with Crippen LogP contribution in [0.15, 0.2) is 64.8 Å². The second-order valence-corrected chi connectivity index (χ2v) is 7.32. The van der Waals surface area contributed by atoms with Gasteiger partial charge in [0.2, 0.25) is 0 Å². The van der Waals surface area contributed by atoms with Crippen molar-refractivity contribution in [2.24, 2.45) is 0 Å². The van der Waals surface area contributed by atoms with Gasteiger partial charge in [-0.05, 0) is 55.8 Å². The summed E-state index contributed by atoms with van der Waals surface area (Å²) in [7, 11) is 1.36. The Bertz CT molecular complexity index is 1210. The minimum atomic E-state index is -1.02. The molecule has 1 unspecified atom stereocenters. The largest absolute Gasteiger partial charge is 0.507 e. The molecule has 1 atom stereocenters. The van der Waals surface area contributed by atoms with Gasteiger partial charge in [0.15, 0.2) is 0 Å². The fourth-order valence-electron chi connectivity index (χ4n) is 3.88. The number of amides is 1. The van der Waals surface area contributed by atoms with E-state index in [0.717, 1.165) is 17.2 Å². The Morgan fingerprint density at radius 1 is 1.13 bits per heavy atom. The Labute approximate surface area is 178 Å². The van der Waals surface area contributed by atoms with Gasteiger partial charge in [-0.2, -0.15) is 0 Å². The molecule has 4 rings (SSSR count). The number of anilines is 1. The van der Waals surface area contributed by atoms with Crippen molar-refractivity contribution in [3.05, 3.63) is 88.6 Å². The van der Waals surface area contributed by atoms with Crippen molar-refractivity contribution in [3.8, 4) is 5.75 Å². The number of aliphatic hydroxyl groups excluding tert-OH is 1. The van der Waals surface area contributed by atoms with Crippen LogP contribution in [-0.4, -0.2) is 23.9 Å². The summed E-state index contributed by atoms with van der Waals surface area (Å²) < 4.78 is 24.7. The van der Waals surface area contributed by atoms with E-state index in [1.54, 1.807) is 18.2 Å². The summed E-state index contributed by atoms with van der Waals surface area (Å²) in [5.41, 5.74) is 2.06. The van der Waals surface area contributed by atoms with Gasteiger partial charge in [-0.3, -0.25) is 14.5 Å². The molecule has 2 aromatic carbocycles. The van der Waals surface area contributed by atoms with E-state index in [4.69, 9.17) is 9.15 Å². The third kappa shape index (κ3) is 3.38. The van der Waals surface area contributed by atoms with E-state index in [2.05, 4.69) is 0 Å². The van der Waals surface area contributed by atoms with Crippen LogP contribution in [0.2, 0.25) is 0 Å². The maximum Gasteiger partial charge on any atom is 0.300 e. The predicted molar refractivity (Wildman–Crippen MR) is 112 cm³/mol. The zero-order chi connectivity index (χ0) is 22.3. The number of rotatable bonds is 4. The van der Waals surface area contributed by atoms with Crippen LogP contribution in [0.5, 0.6) is 5.75 Å². The van der Waals surface area contributed by atoms with Crippen LogP contribution < -0.4 is 9.64 Å². The summed E-state index contributed by atoms with van der Waals surface area (Å²) in [6.07, 6.45) is 1.42. The van der Waals surface area contributed by atoms with Crippen LogP contribution in [0.25, 0.3) is 5.76 Å². The third-order valence-corrected chi connectivity index (χ3v) is 5.29. The molecule has 158 valence electrons. The van der Waals surface area contributed by atoms with Crippen LogP contribution in [0.4, 0.5) is 10.1 Å². The number of Topliss-reactive ketones (excluding diaryl/α,β-unsaturated/α-hetero) is 1. The monoisotopic (exact) mass is 421 g/mol. The number of methoxy groups -OCH3 is 1. The first-order valence-electron chi connectivity index (χ1n) is 9.59. The van der Waals surface area contributed by atoms with Crippen LogP contribution in [-0.2, 0) is 9.59 Å². The van der Waals surface area contributed by atoms with Crippen molar-refractivity contribution in [1.29, 1.82) is 0 Å². The molecule has 0 saturated carbocycles. The van der Waals surface area contributed by atoms with Crippen molar-refractivity contribution in [2.75, 3.05) is 12.0 Å². The minimum absolute atomic E-state index is 0.0299. The van der Waals surface area contributed by atoms with Crippen LogP contribution >= 0.6 is 0 Å². The number of ether oxygens (including phenoxy) is 1. The summed E-state index contributed by atoms with van der Waals surface area (Å²) >= 11 is 0. The van der Waals surface area contributed by atoms with E-state index < -0.39 is 29.3 Å². The molecule has 6 nitrogen and oxygen atoms in total. The number of aryl methyl sites for hydroxylation is 2. The Morgan fingerprint density at radius 3 is 2.55 bits per heavy atom. The number of hydrogen-bond acceptors (Lipinski definition) is 5. The van der Waals surface area contributed by atoms with Crippen LogP contribution in [0, 0.1) is 19.7 Å². The highest BCUT2D eigenvalue weighted by Gasteiger charge is 2.48. The first-order valence-corrected chi connectivity index (χ1v) is 9.59. The van der Waals surface area contributed by atoms with Crippen LogP contribution in [0.1, 0.15) is 28.5 Å². The molecule has 0 radical (unpaired) electrons. The van der Waals surface area contributed by atoms with Gasteiger partial charge in [-0.25, -0.2) is 4.39 Å². The summed E-state index contributed by atoms with van der Waals surface area (Å²) in [5.74, 6) is -2.43. The van der Waals surface area contributed by atoms with Gasteiger partial charge in [0.05, 0.1) is 24.5 Å². The van der Waals surface area contributed by atoms with E-state index in [0.29, 0.717) is 5.69 Å². The fraction of sp³-hybridized carbons (Fsp3) is 0.167. The van der Waals surface area contributed by atoms with E-state index in [-0.39, 0.29) is 22.6 Å². The molecule has 0 aliphatic carbocycles. The number of halogens is 1. The van der Waals surface area contributed by atoms with Crippen molar-refractivity contribution >= 4 is 23.1 Å². The topological polar surface area (TPSA) is 80.0 Å². The molecule has 3 aromatic rings. The highest BCUT2D eigenvalue weighted by Crippen LogP contribution is 2.44. The van der Waals surface area contributed by atoms with E-state index in [1.807, 2.05) is 26.0 Å². The highest BCUT2D eigenvalue weighted by molar-refractivity contribution is 6.51. The average Bonchev–Trinajstić information content (AvgIpc) is 3.35. The Balaban J connectivity index is 1.98. The van der Waals surface area contributed by atoms with Crippen LogP contribution in [0.3, 0.4) is 0 Å². The minimum Gasteiger partial charge on any atom is -0.507 e. The molecule has 1 aromatic heterocycles. The molecule has 0 bridgehead atoms. The fourth-order valence-corrected chi connectivity index (χ4v) is 3.88. The maximum atomic E-state index is 13.9. The number of benzene rings is 2. The summed E-state index contributed by atoms with van der Waals surface area (Å²) in [5, 5.41) is 11.1. The summed E-state index contributed by atoms with van der Waals surface area (Å²) in [6.45, 7) is 3.75. The Kier molecular flexibility index (Phi) is 5.10. The highest BCUT2D eigenvalue weighted by atomic mass is 19.1. The van der Waals surface area contributed by atoms with Gasteiger partial charge in [-0.15, -0.1) is 0 Å². The summed E-state index contributed by atoms with van der Waals surface area (Å²) in [6, 6.07) is 11.3. The van der Waals surface area contributed by atoms with Gasteiger partial charge in [0.1, 0.15) is 29.1 Å². The van der Waals surface area contributed by atoms with Gasteiger partial charge < -0.3 is 14.3 Å². The molecule has 7 heteroatoms. The molecule has 1 amide bonds. The molecule has 1 aliphatic heterocycles. The van der Waals surface area contributed by atoms with E-state index >= 15 is 0 Å². The van der Waals surface area contributed by atoms with Crippen molar-refractivity contribution in [1.82, 2.24) is 0 Å². The number of ketones is 1. The number of carbonyl (C=O) groups excluding carboxylic acids is 2. The quantitative estimate of drug-likeness (QED) is 0.376. The zero-order valence-electron chi connectivity index (χ0n) is 17.2. The van der Waals surface area contributed by atoms with Crippen molar-refractivity contribution < 1.29 is 28.2 Å². The second-order valence-electron chi connectivity index (χ2n) is 7.32. The molecule has 1 fully saturated rings. The number of furan rings is 1. The molecule has 0 spiro atoms. The van der Waals surface area contributed by atoms with E-state index in [9.17, 15) is 19.1 Å². The van der Waals surface area contributed by atoms with Crippen molar-refractivity contribution in [2.45, 2.75) is 19.9 Å². The normalized spacial score (nSPS) is 17.9. The first-order chi connectivity index (χ1) is 14.8. The SMILES string of the molecule is COc1ccc(F)cc1/C(O)=C1/C(=O)C(=O)N(c2ccc(C)cc2C)C1c1ccco1. The number of nitrogens with zero attached hydrogens (tertiary/aromatic N) is 1. The van der Waals surface area contributed by atoms with Crippen molar-refractivity contribution in [3.63, 3.8) is 0 Å². The van der Waals surface area contributed by atoms with Gasteiger partial charge in [0.25, 0.3) is 11.7 Å². The Morgan fingerprint density at radius 2 is 1.90 bits per heavy atom. The van der Waals surface area contributed by atoms with Gasteiger partial charge >= 0.3 is 0 Å². The molecule has 2 heterocycles. The molecular weight excluding hydrogens is 401 g/mol. The second kappa shape index (κ2) is 7.75. The molecule has 1 N–H and O–H groups in total. The molecule has 1 aliphatic rings. The smallest absolute Gasteiger partial charge is 0.300 e. The predicted octanol–water partition coefficient (Wildman–Crippen LogP) is 4.67. The van der Waals surface area contributed by atoms with Gasteiger partial charge in [-0.1, -0.05) is 17.7 Å². The Hall–Kier alpha value is -3.87. The lowest BCUT2D eigenvalue weighted by Crippen LogP contribution is -2.30. The molecule has 1 saturated heterocycles. The van der Waals surface area contributed by atoms with E-state index in [1.165, 1.54) is 30.4 Å². The zero-order valence-corrected chi connectivity index (χ0v) is 17.2. The lowest BCUT2D eigenvalue weighted by molar-refractivity contribution is -0.132. The lowest BCUT2D eigenvalue weighted by atomic mass is 9.98. The number of hydrogen-bond donors (Lipinski definition) is 1. The number of aliphatic hydroxyl groups is 1. The molecular formula is C24H20FNO5. The first kappa shape index (κ1) is 20.4. The number of carbonyl (C=O) groups is 2. The summed E-state index contributed by atoms with van der Waals surface area (Å²) in [4.78, 5) is 27.5. The maximum absolute atomic E-state index is 13.9. The third-order valence-electron chi connectivity index (χ3n) is 5.29. The molecule has 31 heavy (non-hydrogen) atoms. The van der Waals surface area contributed by atoms with Gasteiger partial charge in [0, 0.05) is 5.69 Å². The standard InChI is InChI=1S/C24H20FNO5/c1-13-6-8-17(14(2)11-13)26-21(19-5-4-10-31-19)20(23(28)24(26)29)22(27)16-12-15(25)7-9-18(16)30-3/h4-12,21,27H,1-3H3/b22-20-. The average molecular weight is 421 g/mol. The lowest BCUT2D eigenvalue weighted by Gasteiger charge is -2.25.